The van der Waals surface area contributed by atoms with Crippen molar-refractivity contribution in [3.63, 3.8) is 0 Å². The van der Waals surface area contributed by atoms with Crippen molar-refractivity contribution in [3.05, 3.63) is 70.6 Å². The number of piperidine rings is 1. The largest absolute Gasteiger partial charge is 0.472 e. The maximum Gasteiger partial charge on any atom is 0.257 e. The van der Waals surface area contributed by atoms with Crippen LogP contribution in [0.1, 0.15) is 39.3 Å². The van der Waals surface area contributed by atoms with E-state index in [1.165, 1.54) is 23.0 Å². The van der Waals surface area contributed by atoms with Crippen LogP contribution in [0.25, 0.3) is 0 Å². The Kier molecular flexibility index (Phi) is 6.05. The normalized spacial score (nSPS) is 18.9. The van der Waals surface area contributed by atoms with Gasteiger partial charge in [-0.05, 0) is 24.5 Å². The predicted molar refractivity (Wildman–Crippen MR) is 122 cm³/mol. The van der Waals surface area contributed by atoms with E-state index >= 15 is 0 Å². The van der Waals surface area contributed by atoms with Gasteiger partial charge in [-0.25, -0.2) is 4.98 Å². The zero-order valence-corrected chi connectivity index (χ0v) is 18.6. The van der Waals surface area contributed by atoms with E-state index in [4.69, 9.17) is 4.42 Å². The SMILES string of the molecule is O=C(Nc1nc2c(s1)CN(Cc1ccccc1)CC2)C1CCCN(C(=O)c2ccoc2)C1. The summed E-state index contributed by atoms with van der Waals surface area (Å²) < 4.78 is 5.02. The Hall–Kier alpha value is -2.97. The molecule has 1 unspecified atom stereocenters. The summed E-state index contributed by atoms with van der Waals surface area (Å²) >= 11 is 1.57. The molecule has 0 saturated carbocycles. The number of carbonyl (C=O) groups excluding carboxylic acids is 2. The minimum Gasteiger partial charge on any atom is -0.472 e. The highest BCUT2D eigenvalue weighted by Gasteiger charge is 2.30. The molecule has 1 fully saturated rings. The lowest BCUT2D eigenvalue weighted by Gasteiger charge is -2.31. The molecule has 1 aromatic carbocycles. The van der Waals surface area contributed by atoms with E-state index in [2.05, 4.69) is 39.5 Å². The molecule has 1 atom stereocenters. The molecule has 0 aliphatic carbocycles. The second-order valence-corrected chi connectivity index (χ2v) is 9.51. The zero-order valence-electron chi connectivity index (χ0n) is 17.8. The first-order valence-electron chi connectivity index (χ1n) is 11.0. The summed E-state index contributed by atoms with van der Waals surface area (Å²) in [4.78, 5) is 35.6. The summed E-state index contributed by atoms with van der Waals surface area (Å²) in [6, 6.07) is 12.1. The highest BCUT2D eigenvalue weighted by Crippen LogP contribution is 2.30. The Balaban J connectivity index is 1.19. The van der Waals surface area contributed by atoms with Crippen molar-refractivity contribution in [2.75, 3.05) is 25.0 Å². The first-order valence-corrected chi connectivity index (χ1v) is 11.8. The van der Waals surface area contributed by atoms with Crippen molar-refractivity contribution < 1.29 is 14.0 Å². The van der Waals surface area contributed by atoms with Gasteiger partial charge in [0, 0.05) is 44.0 Å². The van der Waals surface area contributed by atoms with Crippen LogP contribution in [-0.4, -0.2) is 46.2 Å². The molecule has 7 nitrogen and oxygen atoms in total. The number of amides is 2. The summed E-state index contributed by atoms with van der Waals surface area (Å²) in [6.07, 6.45) is 5.42. The lowest BCUT2D eigenvalue weighted by atomic mass is 9.97. The van der Waals surface area contributed by atoms with Crippen LogP contribution in [0, 0.1) is 5.92 Å². The first-order chi connectivity index (χ1) is 15.7. The number of likely N-dealkylation sites (tertiary alicyclic amines) is 1. The fourth-order valence-electron chi connectivity index (χ4n) is 4.43. The van der Waals surface area contributed by atoms with E-state index in [1.54, 1.807) is 22.3 Å². The summed E-state index contributed by atoms with van der Waals surface area (Å²) in [5, 5.41) is 3.69. The van der Waals surface area contributed by atoms with Gasteiger partial charge in [0.25, 0.3) is 5.91 Å². The quantitative estimate of drug-likeness (QED) is 0.640. The Morgan fingerprint density at radius 2 is 2.06 bits per heavy atom. The third-order valence-corrected chi connectivity index (χ3v) is 7.13. The second kappa shape index (κ2) is 9.26. The highest BCUT2D eigenvalue weighted by molar-refractivity contribution is 7.15. The van der Waals surface area contributed by atoms with Gasteiger partial charge in [0.05, 0.1) is 23.4 Å². The molecule has 3 aromatic rings. The van der Waals surface area contributed by atoms with Crippen LogP contribution in [0.4, 0.5) is 5.13 Å². The summed E-state index contributed by atoms with van der Waals surface area (Å²) in [6.45, 7) is 3.83. The fourth-order valence-corrected chi connectivity index (χ4v) is 5.48. The van der Waals surface area contributed by atoms with Crippen LogP contribution < -0.4 is 5.32 Å². The Morgan fingerprint density at radius 3 is 2.88 bits per heavy atom. The molecule has 2 amide bonds. The number of rotatable bonds is 5. The van der Waals surface area contributed by atoms with E-state index in [1.807, 2.05) is 6.07 Å². The maximum atomic E-state index is 12.9. The first kappa shape index (κ1) is 20.9. The molecule has 2 aliphatic rings. The van der Waals surface area contributed by atoms with Gasteiger partial charge in [-0.1, -0.05) is 30.3 Å². The number of hydrogen-bond donors (Lipinski definition) is 1. The number of aromatic nitrogens is 1. The predicted octanol–water partition coefficient (Wildman–Crippen LogP) is 3.79. The second-order valence-electron chi connectivity index (χ2n) is 8.43. The number of carbonyl (C=O) groups is 2. The van der Waals surface area contributed by atoms with E-state index in [0.717, 1.165) is 44.6 Å². The van der Waals surface area contributed by atoms with Gasteiger partial charge in [0.15, 0.2) is 5.13 Å². The van der Waals surface area contributed by atoms with Crippen LogP contribution >= 0.6 is 11.3 Å². The van der Waals surface area contributed by atoms with E-state index in [9.17, 15) is 9.59 Å². The van der Waals surface area contributed by atoms with Gasteiger partial charge in [0.1, 0.15) is 6.26 Å². The Bertz CT molecular complexity index is 1080. The molecule has 8 heteroatoms. The fraction of sp³-hybridized carbons (Fsp3) is 0.375. The highest BCUT2D eigenvalue weighted by atomic mass is 32.1. The number of nitrogens with zero attached hydrogens (tertiary/aromatic N) is 3. The smallest absolute Gasteiger partial charge is 0.257 e. The minimum absolute atomic E-state index is 0.0538. The van der Waals surface area contributed by atoms with Gasteiger partial charge < -0.3 is 14.6 Å². The molecule has 4 heterocycles. The monoisotopic (exact) mass is 450 g/mol. The van der Waals surface area contributed by atoms with Crippen LogP contribution in [0.15, 0.2) is 53.3 Å². The van der Waals surface area contributed by atoms with Gasteiger partial charge in [0.2, 0.25) is 5.91 Å². The molecule has 1 saturated heterocycles. The van der Waals surface area contributed by atoms with Gasteiger partial charge >= 0.3 is 0 Å². The Labute approximate surface area is 191 Å². The number of furan rings is 1. The summed E-state index contributed by atoms with van der Waals surface area (Å²) in [5.74, 6) is -0.364. The van der Waals surface area contributed by atoms with Gasteiger partial charge in [-0.2, -0.15) is 0 Å². The Morgan fingerprint density at radius 1 is 1.19 bits per heavy atom. The molecule has 0 radical (unpaired) electrons. The van der Waals surface area contributed by atoms with Crippen LogP contribution in [0.2, 0.25) is 0 Å². The molecule has 5 rings (SSSR count). The van der Waals surface area contributed by atoms with E-state index < -0.39 is 0 Å². The van der Waals surface area contributed by atoms with Gasteiger partial charge in [-0.15, -0.1) is 11.3 Å². The summed E-state index contributed by atoms with van der Waals surface area (Å²) in [7, 11) is 0. The van der Waals surface area contributed by atoms with Crippen molar-refractivity contribution >= 4 is 28.3 Å². The van der Waals surface area contributed by atoms with Crippen molar-refractivity contribution in [1.82, 2.24) is 14.8 Å². The molecule has 1 N–H and O–H groups in total. The lowest BCUT2D eigenvalue weighted by Crippen LogP contribution is -2.43. The number of benzene rings is 1. The number of anilines is 1. The standard InChI is InChI=1S/C24H26N4O3S/c29-22(18-7-4-10-28(14-18)23(30)19-9-12-31-16-19)26-24-25-20-8-11-27(15-21(20)32-24)13-17-5-2-1-3-6-17/h1-3,5-6,9,12,16,18H,4,7-8,10-11,13-15H2,(H,25,26,29). The summed E-state index contributed by atoms with van der Waals surface area (Å²) in [5.41, 5.74) is 2.93. The number of hydrogen-bond acceptors (Lipinski definition) is 6. The zero-order chi connectivity index (χ0) is 21.9. The van der Waals surface area contributed by atoms with Crippen LogP contribution in [-0.2, 0) is 24.3 Å². The van der Waals surface area contributed by atoms with Crippen LogP contribution in [0.5, 0.6) is 0 Å². The topological polar surface area (TPSA) is 78.7 Å². The molecule has 2 aliphatic heterocycles. The third kappa shape index (κ3) is 4.61. The van der Waals surface area contributed by atoms with Gasteiger partial charge in [-0.3, -0.25) is 14.5 Å². The average Bonchev–Trinajstić information content (AvgIpc) is 3.49. The molecular formula is C24H26N4O3S. The van der Waals surface area contributed by atoms with E-state index in [-0.39, 0.29) is 17.7 Å². The molecule has 166 valence electrons. The number of nitrogens with one attached hydrogen (secondary N) is 1. The van der Waals surface area contributed by atoms with Crippen molar-refractivity contribution in [3.8, 4) is 0 Å². The molecular weight excluding hydrogens is 424 g/mol. The van der Waals surface area contributed by atoms with Crippen molar-refractivity contribution in [2.24, 2.45) is 5.92 Å². The van der Waals surface area contributed by atoms with Crippen molar-refractivity contribution in [2.45, 2.75) is 32.4 Å². The molecule has 32 heavy (non-hydrogen) atoms. The lowest BCUT2D eigenvalue weighted by molar-refractivity contribution is -0.121. The average molecular weight is 451 g/mol. The minimum atomic E-state index is -0.227. The van der Waals surface area contributed by atoms with E-state index in [0.29, 0.717) is 23.8 Å². The third-order valence-electron chi connectivity index (χ3n) is 6.14. The van der Waals surface area contributed by atoms with Crippen LogP contribution in [0.3, 0.4) is 0 Å². The molecule has 2 aromatic heterocycles. The van der Waals surface area contributed by atoms with Crippen molar-refractivity contribution in [1.29, 1.82) is 0 Å². The number of thiazole rings is 1. The maximum absolute atomic E-state index is 12.9. The molecule has 0 bridgehead atoms. The number of fused-ring (bicyclic) bond motifs is 1. The molecule has 0 spiro atoms.